The average molecular weight is 441 g/mol. The van der Waals surface area contributed by atoms with E-state index in [0.717, 1.165) is 0 Å². The van der Waals surface area contributed by atoms with Crippen molar-refractivity contribution in [3.8, 4) is 22.6 Å². The molecule has 7 nitrogen and oxygen atoms in total. The maximum absolute atomic E-state index is 12.8. The van der Waals surface area contributed by atoms with E-state index in [0.29, 0.717) is 34.3 Å². The molecule has 4 rings (SSSR count). The molecule has 0 saturated carbocycles. The van der Waals surface area contributed by atoms with Crippen LogP contribution >= 0.6 is 11.6 Å². The number of esters is 1. The highest BCUT2D eigenvalue weighted by Crippen LogP contribution is 2.32. The molecule has 2 heterocycles. The summed E-state index contributed by atoms with van der Waals surface area (Å²) in [5.41, 5.74) is -0.282. The fraction of sp³-hybridized carbons (Fsp3) is 0.174. The molecule has 0 amide bonds. The van der Waals surface area contributed by atoms with E-state index < -0.39 is 22.6 Å². The molecule has 8 heteroatoms. The zero-order chi connectivity index (χ0) is 22.1. The van der Waals surface area contributed by atoms with E-state index in [9.17, 15) is 14.4 Å². The number of ether oxygens (including phenoxy) is 2. The Balaban J connectivity index is 1.89. The van der Waals surface area contributed by atoms with Crippen molar-refractivity contribution in [3.05, 3.63) is 69.4 Å². The van der Waals surface area contributed by atoms with Gasteiger partial charge in [-0.15, -0.1) is 11.6 Å². The van der Waals surface area contributed by atoms with Crippen LogP contribution < -0.4 is 20.7 Å². The molecule has 158 valence electrons. The van der Waals surface area contributed by atoms with Crippen LogP contribution in [-0.4, -0.2) is 18.0 Å². The molecular formula is C23H17ClO7. The van der Waals surface area contributed by atoms with Crippen molar-refractivity contribution in [2.45, 2.75) is 19.2 Å². The third-order valence-electron chi connectivity index (χ3n) is 4.57. The highest BCUT2D eigenvalue weighted by Gasteiger charge is 2.17. The van der Waals surface area contributed by atoms with Gasteiger partial charge in [0.25, 0.3) is 0 Å². The lowest BCUT2D eigenvalue weighted by Crippen LogP contribution is -2.17. The molecule has 0 radical (unpaired) electrons. The van der Waals surface area contributed by atoms with Crippen LogP contribution in [0.1, 0.15) is 13.8 Å². The maximum atomic E-state index is 12.8. The summed E-state index contributed by atoms with van der Waals surface area (Å²) in [5, 5.41) is 0.285. The summed E-state index contributed by atoms with van der Waals surface area (Å²) in [6, 6.07) is 12.7. The number of hydrogen-bond donors (Lipinski definition) is 0. The maximum Gasteiger partial charge on any atom is 0.344 e. The lowest BCUT2D eigenvalue weighted by Gasteiger charge is -2.10. The summed E-state index contributed by atoms with van der Waals surface area (Å²) in [7, 11) is 0. The first-order valence-corrected chi connectivity index (χ1v) is 9.94. The lowest BCUT2D eigenvalue weighted by molar-refractivity contribution is -0.133. The molecule has 0 saturated heterocycles. The third-order valence-corrected chi connectivity index (χ3v) is 4.75. The minimum absolute atomic E-state index is 0.151. The van der Waals surface area contributed by atoms with Crippen molar-refractivity contribution in [3.63, 3.8) is 0 Å². The van der Waals surface area contributed by atoms with Gasteiger partial charge < -0.3 is 18.3 Å². The van der Waals surface area contributed by atoms with Crippen LogP contribution in [0.3, 0.4) is 0 Å². The zero-order valence-corrected chi connectivity index (χ0v) is 17.4. The fourth-order valence-electron chi connectivity index (χ4n) is 3.20. The van der Waals surface area contributed by atoms with Crippen LogP contribution in [0.25, 0.3) is 33.1 Å². The number of rotatable bonds is 5. The van der Waals surface area contributed by atoms with Crippen LogP contribution in [0.2, 0.25) is 0 Å². The van der Waals surface area contributed by atoms with Crippen molar-refractivity contribution >= 4 is 39.5 Å². The van der Waals surface area contributed by atoms with Gasteiger partial charge in [0, 0.05) is 28.5 Å². The van der Waals surface area contributed by atoms with Crippen LogP contribution in [0, 0.1) is 0 Å². The van der Waals surface area contributed by atoms with Gasteiger partial charge in [0.05, 0.1) is 12.2 Å². The summed E-state index contributed by atoms with van der Waals surface area (Å²) >= 11 is 5.72. The number of carbonyl (C=O) groups excluding carboxylic acids is 1. The zero-order valence-electron chi connectivity index (χ0n) is 16.6. The van der Waals surface area contributed by atoms with E-state index >= 15 is 0 Å². The molecule has 1 atom stereocenters. The van der Waals surface area contributed by atoms with Crippen molar-refractivity contribution in [1.29, 1.82) is 0 Å². The first-order chi connectivity index (χ1) is 14.9. The summed E-state index contributed by atoms with van der Waals surface area (Å²) in [6.45, 7) is 3.74. The van der Waals surface area contributed by atoms with E-state index in [1.165, 1.54) is 25.1 Å². The average Bonchev–Trinajstić information content (AvgIpc) is 2.73. The van der Waals surface area contributed by atoms with Gasteiger partial charge >= 0.3 is 17.2 Å². The van der Waals surface area contributed by atoms with Gasteiger partial charge in [-0.2, -0.15) is 0 Å². The molecule has 0 fully saturated rings. The third kappa shape index (κ3) is 4.04. The summed E-state index contributed by atoms with van der Waals surface area (Å²) in [5.74, 6) is -0.0157. The molecule has 0 spiro atoms. The van der Waals surface area contributed by atoms with Gasteiger partial charge in [-0.1, -0.05) is 12.1 Å². The van der Waals surface area contributed by atoms with Gasteiger partial charge in [-0.3, -0.25) is 4.79 Å². The quantitative estimate of drug-likeness (QED) is 0.195. The molecule has 0 N–H and O–H groups in total. The van der Waals surface area contributed by atoms with Gasteiger partial charge in [-0.05, 0) is 38.1 Å². The van der Waals surface area contributed by atoms with Gasteiger partial charge in [0.1, 0.15) is 16.7 Å². The number of carbonyl (C=O) groups is 1. The Morgan fingerprint density at radius 2 is 1.87 bits per heavy atom. The van der Waals surface area contributed by atoms with Crippen LogP contribution in [0.15, 0.2) is 67.0 Å². The number of fused-ring (bicyclic) bond motifs is 2. The summed E-state index contributed by atoms with van der Waals surface area (Å²) < 4.78 is 21.5. The normalized spacial score (nSPS) is 12.1. The van der Waals surface area contributed by atoms with Gasteiger partial charge in [0.2, 0.25) is 0 Å². The summed E-state index contributed by atoms with van der Waals surface area (Å²) in [4.78, 5) is 36.7. The Kier molecular flexibility index (Phi) is 5.52. The van der Waals surface area contributed by atoms with E-state index in [2.05, 4.69) is 0 Å². The second-order valence-corrected chi connectivity index (χ2v) is 7.38. The topological polar surface area (TPSA) is 96.0 Å². The number of alkyl halides is 1. The smallest absolute Gasteiger partial charge is 0.344 e. The molecule has 0 aliphatic rings. The number of hydrogen-bond acceptors (Lipinski definition) is 7. The molecule has 0 bridgehead atoms. The molecule has 4 aromatic rings. The SMILES string of the molecule is CCOc1cccc2cc(-c3cc(=O)oc4cc(OC(=O)C(C)Cl)ccc34)c(=O)oc12. The number of benzene rings is 2. The van der Waals surface area contributed by atoms with E-state index in [-0.39, 0.29) is 16.9 Å². The highest BCUT2D eigenvalue weighted by atomic mass is 35.5. The highest BCUT2D eigenvalue weighted by molar-refractivity contribution is 6.29. The molecule has 2 aromatic carbocycles. The Labute approximate surface area is 180 Å². The van der Waals surface area contributed by atoms with Crippen molar-refractivity contribution in [2.24, 2.45) is 0 Å². The Morgan fingerprint density at radius 3 is 2.61 bits per heavy atom. The Morgan fingerprint density at radius 1 is 1.06 bits per heavy atom. The second kappa shape index (κ2) is 8.28. The minimum atomic E-state index is -0.835. The van der Waals surface area contributed by atoms with Crippen LogP contribution in [0.5, 0.6) is 11.5 Å². The van der Waals surface area contributed by atoms with E-state index in [1.54, 1.807) is 30.3 Å². The fourth-order valence-corrected chi connectivity index (χ4v) is 3.25. The first kappa shape index (κ1) is 20.7. The predicted molar refractivity (Wildman–Crippen MR) is 116 cm³/mol. The molecule has 0 aliphatic carbocycles. The largest absolute Gasteiger partial charge is 0.490 e. The molecule has 1 unspecified atom stereocenters. The van der Waals surface area contributed by atoms with Crippen LogP contribution in [-0.2, 0) is 4.79 Å². The lowest BCUT2D eigenvalue weighted by atomic mass is 10.0. The summed E-state index contributed by atoms with van der Waals surface area (Å²) in [6.07, 6.45) is 0. The number of para-hydroxylation sites is 1. The van der Waals surface area contributed by atoms with Crippen molar-refractivity contribution in [2.75, 3.05) is 6.61 Å². The van der Waals surface area contributed by atoms with Gasteiger partial charge in [-0.25, -0.2) is 9.59 Å². The molecule has 2 aromatic heterocycles. The Bertz CT molecular complexity index is 1420. The van der Waals surface area contributed by atoms with E-state index in [4.69, 9.17) is 29.9 Å². The van der Waals surface area contributed by atoms with Crippen LogP contribution in [0.4, 0.5) is 0 Å². The monoisotopic (exact) mass is 440 g/mol. The predicted octanol–water partition coefficient (Wildman–Crippen LogP) is 4.50. The van der Waals surface area contributed by atoms with E-state index in [1.807, 2.05) is 6.92 Å². The molecular weight excluding hydrogens is 424 g/mol. The van der Waals surface area contributed by atoms with Crippen molar-refractivity contribution < 1.29 is 23.1 Å². The molecule has 31 heavy (non-hydrogen) atoms. The first-order valence-electron chi connectivity index (χ1n) is 9.51. The Hall–Kier alpha value is -3.58. The van der Waals surface area contributed by atoms with Gasteiger partial charge in [0.15, 0.2) is 11.3 Å². The second-order valence-electron chi connectivity index (χ2n) is 6.73. The van der Waals surface area contributed by atoms with Crippen molar-refractivity contribution in [1.82, 2.24) is 0 Å². The molecule has 0 aliphatic heterocycles. The minimum Gasteiger partial charge on any atom is -0.490 e. The number of halogens is 1. The standard InChI is InChI=1S/C23H17ClO7/c1-3-28-18-6-4-5-13-9-17(23(27)31-21(13)18)16-11-20(25)30-19-10-14(7-8-15(16)19)29-22(26)12(2)24/h4-12H,3H2,1-2H3.